The zero-order valence-corrected chi connectivity index (χ0v) is 20.7. The molecular weight excluding hydrogens is 462 g/mol. The number of sulfone groups is 1. The Labute approximate surface area is 203 Å². The van der Waals surface area contributed by atoms with E-state index in [1.807, 2.05) is 67.6 Å². The number of nitrogens with one attached hydrogen (secondary N) is 1. The summed E-state index contributed by atoms with van der Waals surface area (Å²) in [4.78, 5) is 4.95. The molecule has 0 aliphatic rings. The second-order valence-corrected chi connectivity index (χ2v) is 10.3. The molecule has 0 amide bonds. The molecular formula is C26H25N5O3S. The van der Waals surface area contributed by atoms with Crippen LogP contribution < -0.4 is 10.1 Å². The molecule has 35 heavy (non-hydrogen) atoms. The van der Waals surface area contributed by atoms with Gasteiger partial charge < -0.3 is 10.1 Å². The Balaban J connectivity index is 1.66. The molecule has 0 saturated heterocycles. The predicted octanol–water partition coefficient (Wildman–Crippen LogP) is 4.66. The van der Waals surface area contributed by atoms with Crippen molar-refractivity contribution in [2.24, 2.45) is 0 Å². The lowest BCUT2D eigenvalue weighted by atomic mass is 10.1. The Morgan fingerprint density at radius 1 is 0.971 bits per heavy atom. The van der Waals surface area contributed by atoms with Gasteiger partial charge in [-0.2, -0.15) is 4.52 Å². The number of nitrogens with zero attached hydrogens (tertiary/aromatic N) is 4. The van der Waals surface area contributed by atoms with Gasteiger partial charge in [0, 0.05) is 11.9 Å². The minimum Gasteiger partial charge on any atom is -0.497 e. The lowest BCUT2D eigenvalue weighted by Crippen LogP contribution is -2.10. The van der Waals surface area contributed by atoms with Crippen LogP contribution >= 0.6 is 0 Å². The van der Waals surface area contributed by atoms with E-state index in [9.17, 15) is 8.42 Å². The SMILES string of the molecule is COc1cccc(CNc2nc3c(S(=O)(=O)c4c(C)cc(C)cc4C)nnn3c3ccccc23)c1. The van der Waals surface area contributed by atoms with Gasteiger partial charge in [-0.3, -0.25) is 0 Å². The fraction of sp³-hybridized carbons (Fsp3) is 0.192. The molecule has 2 aromatic heterocycles. The summed E-state index contributed by atoms with van der Waals surface area (Å²) in [6, 6.07) is 19.0. The van der Waals surface area contributed by atoms with Crippen LogP contribution in [0.25, 0.3) is 16.6 Å². The summed E-state index contributed by atoms with van der Waals surface area (Å²) in [5.41, 5.74) is 4.22. The summed E-state index contributed by atoms with van der Waals surface area (Å²) in [7, 11) is -2.34. The highest BCUT2D eigenvalue weighted by Gasteiger charge is 2.30. The number of hydrogen-bond donors (Lipinski definition) is 1. The molecule has 0 aliphatic carbocycles. The molecule has 5 rings (SSSR count). The maximum Gasteiger partial charge on any atom is 0.230 e. The zero-order chi connectivity index (χ0) is 24.7. The second-order valence-electron chi connectivity index (χ2n) is 8.54. The third kappa shape index (κ3) is 3.97. The second kappa shape index (κ2) is 8.66. The number of anilines is 1. The van der Waals surface area contributed by atoms with Gasteiger partial charge >= 0.3 is 0 Å². The quantitative estimate of drug-likeness (QED) is 0.372. The van der Waals surface area contributed by atoms with Crippen molar-refractivity contribution in [3.8, 4) is 5.75 Å². The number of aryl methyl sites for hydroxylation is 3. The first-order chi connectivity index (χ1) is 16.8. The van der Waals surface area contributed by atoms with Gasteiger partial charge in [0.25, 0.3) is 0 Å². The number of hydrogen-bond acceptors (Lipinski definition) is 7. The first-order valence-electron chi connectivity index (χ1n) is 11.1. The molecule has 0 saturated carbocycles. The Morgan fingerprint density at radius 2 is 1.71 bits per heavy atom. The van der Waals surface area contributed by atoms with Gasteiger partial charge in [-0.25, -0.2) is 13.4 Å². The van der Waals surface area contributed by atoms with Crippen LogP contribution in [0.3, 0.4) is 0 Å². The zero-order valence-electron chi connectivity index (χ0n) is 19.9. The van der Waals surface area contributed by atoms with Crippen LogP contribution in [0.2, 0.25) is 0 Å². The van der Waals surface area contributed by atoms with Gasteiger partial charge in [0.2, 0.25) is 14.9 Å². The summed E-state index contributed by atoms with van der Waals surface area (Å²) in [5, 5.41) is 12.3. The lowest BCUT2D eigenvalue weighted by Gasteiger charge is -2.12. The van der Waals surface area contributed by atoms with Crippen LogP contribution in [0.15, 0.2) is 70.6 Å². The summed E-state index contributed by atoms with van der Waals surface area (Å²) >= 11 is 0. The normalized spacial score (nSPS) is 11.8. The fourth-order valence-corrected chi connectivity index (χ4v) is 6.18. The third-order valence-electron chi connectivity index (χ3n) is 5.94. The van der Waals surface area contributed by atoms with Gasteiger partial charge in [0.05, 0.1) is 17.5 Å². The van der Waals surface area contributed by atoms with Gasteiger partial charge in [-0.1, -0.05) is 47.2 Å². The molecule has 5 aromatic rings. The summed E-state index contributed by atoms with van der Waals surface area (Å²) < 4.78 is 34.3. The van der Waals surface area contributed by atoms with Crippen LogP contribution in [-0.2, 0) is 16.4 Å². The number of methoxy groups -OCH3 is 1. The highest BCUT2D eigenvalue weighted by Crippen LogP contribution is 2.31. The van der Waals surface area contributed by atoms with E-state index in [2.05, 4.69) is 15.6 Å². The van der Waals surface area contributed by atoms with E-state index < -0.39 is 9.84 Å². The molecule has 1 N–H and O–H groups in total. The van der Waals surface area contributed by atoms with Crippen molar-refractivity contribution in [2.75, 3.05) is 12.4 Å². The van der Waals surface area contributed by atoms with Gasteiger partial charge in [0.15, 0.2) is 5.65 Å². The summed E-state index contributed by atoms with van der Waals surface area (Å²) in [5.74, 6) is 1.31. The van der Waals surface area contributed by atoms with Crippen LogP contribution in [0.4, 0.5) is 5.82 Å². The Kier molecular flexibility index (Phi) is 5.64. The van der Waals surface area contributed by atoms with Crippen LogP contribution in [-0.4, -0.2) is 35.3 Å². The fourth-order valence-electron chi connectivity index (χ4n) is 4.51. The van der Waals surface area contributed by atoms with E-state index in [0.717, 1.165) is 22.3 Å². The van der Waals surface area contributed by atoms with E-state index in [4.69, 9.17) is 9.72 Å². The Hall–Kier alpha value is -3.98. The number of rotatable bonds is 6. The monoisotopic (exact) mass is 487 g/mol. The maximum absolute atomic E-state index is 13.8. The standard InChI is InChI=1S/C26H25N5O3S/c1-16-12-17(2)23(18(3)13-16)35(32,33)26-25-28-24(27-15-19-8-7-9-20(14-19)34-4)21-10-5-6-11-22(21)31(25)30-29-26/h5-14H,15H2,1-4H3,(H,27,28). The first-order valence-corrected chi connectivity index (χ1v) is 12.6. The minimum atomic E-state index is -3.96. The molecule has 0 spiro atoms. The highest BCUT2D eigenvalue weighted by atomic mass is 32.2. The molecule has 0 atom stereocenters. The topological polar surface area (TPSA) is 98.5 Å². The number of benzene rings is 3. The number of ether oxygens (including phenoxy) is 1. The molecule has 2 heterocycles. The van der Waals surface area contributed by atoms with Crippen LogP contribution in [0.1, 0.15) is 22.3 Å². The van der Waals surface area contributed by atoms with Crippen molar-refractivity contribution < 1.29 is 13.2 Å². The average Bonchev–Trinajstić information content (AvgIpc) is 3.27. The van der Waals surface area contributed by atoms with Crippen molar-refractivity contribution in [1.29, 1.82) is 0 Å². The highest BCUT2D eigenvalue weighted by molar-refractivity contribution is 7.91. The molecule has 3 aromatic carbocycles. The van der Waals surface area contributed by atoms with E-state index >= 15 is 0 Å². The van der Waals surface area contributed by atoms with Crippen molar-refractivity contribution >= 4 is 32.2 Å². The Morgan fingerprint density at radius 3 is 2.46 bits per heavy atom. The van der Waals surface area contributed by atoms with E-state index in [0.29, 0.717) is 29.0 Å². The third-order valence-corrected chi connectivity index (χ3v) is 7.90. The van der Waals surface area contributed by atoms with E-state index in [1.54, 1.807) is 21.0 Å². The van der Waals surface area contributed by atoms with Crippen LogP contribution in [0.5, 0.6) is 5.75 Å². The molecule has 8 nitrogen and oxygen atoms in total. The number of aromatic nitrogens is 4. The minimum absolute atomic E-state index is 0.164. The molecule has 0 fully saturated rings. The first kappa shape index (κ1) is 22.8. The van der Waals surface area contributed by atoms with Crippen molar-refractivity contribution in [3.05, 3.63) is 82.9 Å². The molecule has 9 heteroatoms. The van der Waals surface area contributed by atoms with Gasteiger partial charge in [-0.05, 0) is 61.7 Å². The van der Waals surface area contributed by atoms with Gasteiger partial charge in [0.1, 0.15) is 11.6 Å². The summed E-state index contributed by atoms with van der Waals surface area (Å²) in [6.07, 6.45) is 0. The van der Waals surface area contributed by atoms with Crippen LogP contribution in [0, 0.1) is 20.8 Å². The largest absolute Gasteiger partial charge is 0.497 e. The van der Waals surface area contributed by atoms with E-state index in [1.165, 1.54) is 4.52 Å². The Bertz CT molecular complexity index is 1670. The predicted molar refractivity (Wildman–Crippen MR) is 135 cm³/mol. The maximum atomic E-state index is 13.8. The molecule has 178 valence electrons. The molecule has 0 radical (unpaired) electrons. The molecule has 0 unspecified atom stereocenters. The van der Waals surface area contributed by atoms with E-state index in [-0.39, 0.29) is 15.6 Å². The molecule has 0 aliphatic heterocycles. The van der Waals surface area contributed by atoms with Gasteiger partial charge in [-0.15, -0.1) is 5.10 Å². The number of para-hydroxylation sites is 1. The van der Waals surface area contributed by atoms with Crippen molar-refractivity contribution in [3.63, 3.8) is 0 Å². The lowest BCUT2D eigenvalue weighted by molar-refractivity contribution is 0.414. The smallest absolute Gasteiger partial charge is 0.230 e. The molecule has 0 bridgehead atoms. The number of fused-ring (bicyclic) bond motifs is 3. The van der Waals surface area contributed by atoms with Crippen molar-refractivity contribution in [2.45, 2.75) is 37.2 Å². The average molecular weight is 488 g/mol. The van der Waals surface area contributed by atoms with Crippen molar-refractivity contribution in [1.82, 2.24) is 19.8 Å². The summed E-state index contributed by atoms with van der Waals surface area (Å²) in [6.45, 7) is 6.01.